The minimum atomic E-state index is -1.02. The van der Waals surface area contributed by atoms with Gasteiger partial charge in [-0.15, -0.1) is 0 Å². The average molecular weight is 710 g/mol. The Bertz CT molecular complexity index is 1630. The van der Waals surface area contributed by atoms with Crippen LogP contribution in [0.25, 0.3) is 10.9 Å². The number of phenolic OH excluding ortho intramolecular Hbond substituents is 1. The first-order chi connectivity index (χ1) is 22.2. The molecule has 6 atom stereocenters. The Morgan fingerprint density at radius 3 is 2.32 bits per heavy atom. The molecule has 3 aromatic rings. The summed E-state index contributed by atoms with van der Waals surface area (Å²) in [6, 6.07) is 11.2. The predicted octanol–water partition coefficient (Wildman–Crippen LogP) is 5.70. The Balaban J connectivity index is 1.74. The molecule has 0 saturated heterocycles. The van der Waals surface area contributed by atoms with E-state index < -0.39 is 42.0 Å². The largest absolute Gasteiger partial charge is 0.508 e. The van der Waals surface area contributed by atoms with Crippen LogP contribution in [0.15, 0.2) is 64.8 Å². The van der Waals surface area contributed by atoms with Gasteiger partial charge in [-0.3, -0.25) is 19.2 Å². The van der Waals surface area contributed by atoms with E-state index in [9.17, 15) is 24.3 Å². The minimum Gasteiger partial charge on any atom is -0.508 e. The van der Waals surface area contributed by atoms with Gasteiger partial charge < -0.3 is 30.4 Å². The maximum Gasteiger partial charge on any atom is 0.308 e. The lowest BCUT2D eigenvalue weighted by Gasteiger charge is -2.31. The average Bonchev–Trinajstić information content (AvgIpc) is 3.32. The number of hydrogen-bond donors (Lipinski definition) is 4. The second-order valence-corrected chi connectivity index (χ2v) is 13.6. The molecule has 10 nitrogen and oxygen atoms in total. The van der Waals surface area contributed by atoms with Crippen molar-refractivity contribution in [3.63, 3.8) is 0 Å². The molecule has 0 bridgehead atoms. The second-order valence-electron chi connectivity index (χ2n) is 12.9. The van der Waals surface area contributed by atoms with Gasteiger partial charge in [0.15, 0.2) is 0 Å². The topological polar surface area (TPSA) is 141 Å². The number of carbonyl (C=O) groups excluding carboxylic acids is 4. The van der Waals surface area contributed by atoms with Gasteiger partial charge in [0.2, 0.25) is 17.7 Å². The summed E-state index contributed by atoms with van der Waals surface area (Å²) in [6.45, 7) is 9.27. The van der Waals surface area contributed by atoms with Crippen LogP contribution < -0.4 is 10.6 Å². The van der Waals surface area contributed by atoms with Crippen molar-refractivity contribution in [2.24, 2.45) is 11.8 Å². The summed E-state index contributed by atoms with van der Waals surface area (Å²) in [5, 5.41) is 16.7. The van der Waals surface area contributed by atoms with Crippen LogP contribution in [0.2, 0.25) is 0 Å². The number of amides is 3. The maximum absolute atomic E-state index is 14.3. The zero-order valence-corrected chi connectivity index (χ0v) is 29.4. The molecule has 3 amide bonds. The Labute approximate surface area is 284 Å². The van der Waals surface area contributed by atoms with Crippen molar-refractivity contribution in [3.8, 4) is 5.75 Å². The molecule has 1 aliphatic heterocycles. The van der Waals surface area contributed by atoms with Crippen molar-refractivity contribution in [2.45, 2.75) is 84.5 Å². The smallest absolute Gasteiger partial charge is 0.308 e. The first-order valence-corrected chi connectivity index (χ1v) is 16.8. The van der Waals surface area contributed by atoms with Crippen molar-refractivity contribution >= 4 is 50.5 Å². The van der Waals surface area contributed by atoms with Crippen molar-refractivity contribution in [1.29, 1.82) is 0 Å². The van der Waals surface area contributed by atoms with Crippen LogP contribution in [-0.4, -0.2) is 63.9 Å². The third-order valence-corrected chi connectivity index (χ3v) is 9.35. The van der Waals surface area contributed by atoms with E-state index in [1.54, 1.807) is 26.1 Å². The lowest BCUT2D eigenvalue weighted by molar-refractivity contribution is -0.149. The van der Waals surface area contributed by atoms with E-state index in [0.29, 0.717) is 23.0 Å². The number of nitrogens with zero attached hydrogens (tertiary/aromatic N) is 1. The molecule has 1 aliphatic rings. The molecule has 0 aliphatic carbocycles. The van der Waals surface area contributed by atoms with Gasteiger partial charge in [-0.25, -0.2) is 0 Å². The van der Waals surface area contributed by atoms with E-state index in [-0.39, 0.29) is 36.3 Å². The van der Waals surface area contributed by atoms with Crippen LogP contribution in [0.1, 0.15) is 71.0 Å². The summed E-state index contributed by atoms with van der Waals surface area (Å²) >= 11 is 3.60. The van der Waals surface area contributed by atoms with E-state index in [1.165, 1.54) is 17.0 Å². The highest BCUT2D eigenvalue weighted by molar-refractivity contribution is 9.10. The van der Waals surface area contributed by atoms with Crippen molar-refractivity contribution in [2.75, 3.05) is 7.05 Å². The molecule has 47 heavy (non-hydrogen) atoms. The second kappa shape index (κ2) is 15.6. The molecule has 252 valence electrons. The van der Waals surface area contributed by atoms with E-state index in [4.69, 9.17) is 4.74 Å². The fourth-order valence-electron chi connectivity index (χ4n) is 6.28. The highest BCUT2D eigenvalue weighted by atomic mass is 79.9. The first-order valence-electron chi connectivity index (χ1n) is 16.0. The van der Waals surface area contributed by atoms with Crippen molar-refractivity contribution in [3.05, 3.63) is 75.9 Å². The fourth-order valence-corrected chi connectivity index (χ4v) is 6.87. The molecular formula is C36H45BrN4O6. The number of cyclic esters (lactones) is 1. The monoisotopic (exact) mass is 708 g/mol. The van der Waals surface area contributed by atoms with Gasteiger partial charge in [-0.05, 0) is 84.8 Å². The molecule has 0 saturated carbocycles. The molecule has 4 rings (SSSR count). The SMILES string of the molecule is C/C1=C\[C@@H](C)C[C@H](C)OC(=O)C[C@H](c2ccc(O)cc2)NC(=O)[C@H](Cc2c(Br)[nH]c3ccccc23)N(C)C(=O)[C@H](C)NC(=O)[C@H](C)C1. The Morgan fingerprint density at radius 1 is 0.936 bits per heavy atom. The molecule has 11 heteroatoms. The highest BCUT2D eigenvalue weighted by Crippen LogP contribution is 2.29. The molecule has 2 aromatic carbocycles. The van der Waals surface area contributed by atoms with Gasteiger partial charge >= 0.3 is 5.97 Å². The normalized spacial score (nSPS) is 27.1. The van der Waals surface area contributed by atoms with E-state index in [0.717, 1.165) is 22.0 Å². The summed E-state index contributed by atoms with van der Waals surface area (Å²) in [4.78, 5) is 59.2. The van der Waals surface area contributed by atoms with Gasteiger partial charge in [0.25, 0.3) is 0 Å². The zero-order valence-electron chi connectivity index (χ0n) is 27.8. The van der Waals surface area contributed by atoms with Gasteiger partial charge in [0.1, 0.15) is 17.8 Å². The van der Waals surface area contributed by atoms with Crippen LogP contribution in [-0.2, 0) is 30.3 Å². The number of esters is 1. The molecule has 0 spiro atoms. The number of benzene rings is 2. The maximum atomic E-state index is 14.3. The van der Waals surface area contributed by atoms with Crippen LogP contribution in [0, 0.1) is 11.8 Å². The lowest BCUT2D eigenvalue weighted by atomic mass is 9.95. The number of halogens is 1. The molecule has 0 unspecified atom stereocenters. The number of fused-ring (bicyclic) bond motifs is 1. The summed E-state index contributed by atoms with van der Waals surface area (Å²) in [6.07, 6.45) is 2.76. The van der Waals surface area contributed by atoms with Crippen LogP contribution in [0.3, 0.4) is 0 Å². The number of H-pyrrole nitrogens is 1. The third-order valence-electron chi connectivity index (χ3n) is 8.67. The number of aromatic hydroxyl groups is 1. The number of carbonyl (C=O) groups is 4. The number of rotatable bonds is 3. The van der Waals surface area contributed by atoms with Crippen LogP contribution in [0.4, 0.5) is 0 Å². The van der Waals surface area contributed by atoms with Gasteiger partial charge in [0.05, 0.1) is 23.2 Å². The van der Waals surface area contributed by atoms with Crippen LogP contribution in [0.5, 0.6) is 5.75 Å². The minimum absolute atomic E-state index is 0.0439. The highest BCUT2D eigenvalue weighted by Gasteiger charge is 2.34. The third kappa shape index (κ3) is 9.24. The Morgan fingerprint density at radius 2 is 1.62 bits per heavy atom. The number of allylic oxidation sites excluding steroid dienone is 2. The van der Waals surface area contributed by atoms with Gasteiger partial charge in [-0.1, -0.05) is 55.8 Å². The summed E-state index contributed by atoms with van der Waals surface area (Å²) in [5.41, 5.74) is 3.29. The number of nitrogens with one attached hydrogen (secondary N) is 3. The lowest BCUT2D eigenvalue weighted by Crippen LogP contribution is -2.55. The molecule has 2 heterocycles. The van der Waals surface area contributed by atoms with Gasteiger partial charge in [0, 0.05) is 30.3 Å². The molecule has 0 fully saturated rings. The number of ether oxygens (including phenoxy) is 1. The molecule has 1 aromatic heterocycles. The van der Waals surface area contributed by atoms with E-state index in [1.807, 2.05) is 52.0 Å². The van der Waals surface area contributed by atoms with E-state index in [2.05, 4.69) is 37.6 Å². The summed E-state index contributed by atoms with van der Waals surface area (Å²) in [5.74, 6) is -1.93. The van der Waals surface area contributed by atoms with Crippen molar-refractivity contribution in [1.82, 2.24) is 20.5 Å². The van der Waals surface area contributed by atoms with E-state index >= 15 is 0 Å². The van der Waals surface area contributed by atoms with Crippen LogP contribution >= 0.6 is 15.9 Å². The number of likely N-dealkylation sites (N-methyl/N-ethyl adjacent to an activating group) is 1. The zero-order chi connectivity index (χ0) is 34.4. The summed E-state index contributed by atoms with van der Waals surface area (Å²) < 4.78 is 6.47. The van der Waals surface area contributed by atoms with Crippen molar-refractivity contribution < 1.29 is 29.0 Å². The number of para-hydroxylation sites is 1. The number of phenols is 1. The Hall–Kier alpha value is -4.12. The summed E-state index contributed by atoms with van der Waals surface area (Å²) in [7, 11) is 1.55. The Kier molecular flexibility index (Phi) is 11.9. The molecule has 0 radical (unpaired) electrons. The first kappa shape index (κ1) is 35.7. The quantitative estimate of drug-likeness (QED) is 0.203. The number of hydrogen-bond acceptors (Lipinski definition) is 6. The van der Waals surface area contributed by atoms with Gasteiger partial charge in [-0.2, -0.15) is 0 Å². The number of aromatic amines is 1. The molecule has 4 N–H and O–H groups in total. The number of aromatic nitrogens is 1. The molecular weight excluding hydrogens is 664 g/mol. The fraction of sp³-hybridized carbons (Fsp3) is 0.444. The predicted molar refractivity (Wildman–Crippen MR) is 184 cm³/mol. The standard InChI is InChI=1S/C36H45BrN4O6/c1-20-15-21(2)17-23(4)47-32(43)19-30(25-11-13-26(42)14-12-25)40-35(45)31(18-28-27-9-7-8-10-29(27)39-33(28)37)41(6)36(46)24(5)38-34(44)22(3)16-20/h7-15,21-24,30-31,39,42H,16-19H2,1-6H3,(H,38,44)(H,40,45)/b20-15+/t21-,22-,23+,24+,30-,31+/m1/s1.